The summed E-state index contributed by atoms with van der Waals surface area (Å²) in [4.78, 5) is 20.4. The van der Waals surface area contributed by atoms with Crippen LogP contribution >= 0.6 is 0 Å². The second-order valence-electron chi connectivity index (χ2n) is 5.37. The molecular weight excluding hydrogens is 266 g/mol. The number of imidazole rings is 1. The molecule has 1 aromatic carbocycles. The topological polar surface area (TPSA) is 68.0 Å². The van der Waals surface area contributed by atoms with Crippen molar-refractivity contribution in [2.24, 2.45) is 0 Å². The molecule has 0 aliphatic rings. The number of carboxylic acid groups (broad SMARTS) is 1. The number of aromatic nitrogens is 3. The van der Waals surface area contributed by atoms with E-state index in [9.17, 15) is 9.90 Å². The summed E-state index contributed by atoms with van der Waals surface area (Å²) < 4.78 is 1.75. The number of benzene rings is 1. The number of nitrogens with zero attached hydrogens (tertiary/aromatic N) is 3. The van der Waals surface area contributed by atoms with Crippen molar-refractivity contribution in [1.29, 1.82) is 0 Å². The number of hydrogen-bond donors (Lipinski definition) is 1. The summed E-state index contributed by atoms with van der Waals surface area (Å²) in [6, 6.07) is 11.2. The quantitative estimate of drug-likeness (QED) is 0.801. The summed E-state index contributed by atoms with van der Waals surface area (Å²) in [6.07, 6.45) is 3.37. The number of rotatable bonds is 3. The van der Waals surface area contributed by atoms with Crippen LogP contribution in [0.2, 0.25) is 0 Å². The zero-order valence-corrected chi connectivity index (χ0v) is 11.8. The Morgan fingerprint density at radius 2 is 1.95 bits per heavy atom. The average Bonchev–Trinajstić information content (AvgIpc) is 2.88. The van der Waals surface area contributed by atoms with E-state index in [4.69, 9.17) is 0 Å². The zero-order valence-electron chi connectivity index (χ0n) is 11.8. The number of aliphatic carboxylic acids is 1. The lowest BCUT2D eigenvalue weighted by Crippen LogP contribution is -2.36. The molecule has 5 heteroatoms. The molecule has 0 bridgehead atoms. The highest BCUT2D eigenvalue weighted by atomic mass is 16.4. The molecule has 0 unspecified atom stereocenters. The second kappa shape index (κ2) is 4.70. The lowest BCUT2D eigenvalue weighted by Gasteiger charge is -2.24. The van der Waals surface area contributed by atoms with E-state index in [1.165, 1.54) is 0 Å². The first kappa shape index (κ1) is 13.3. The highest BCUT2D eigenvalue weighted by Gasteiger charge is 2.33. The van der Waals surface area contributed by atoms with E-state index in [0.29, 0.717) is 5.82 Å². The maximum atomic E-state index is 11.7. The fraction of sp³-hybridized carbons (Fsp3) is 0.188. The number of carboxylic acids is 1. The first-order chi connectivity index (χ1) is 10.0. The molecule has 5 nitrogen and oxygen atoms in total. The van der Waals surface area contributed by atoms with Crippen LogP contribution in [0, 0.1) is 0 Å². The summed E-state index contributed by atoms with van der Waals surface area (Å²) in [5, 5.41) is 9.58. The van der Waals surface area contributed by atoms with Crippen LogP contribution in [-0.2, 0) is 10.3 Å². The van der Waals surface area contributed by atoms with Gasteiger partial charge in [0.15, 0.2) is 0 Å². The van der Waals surface area contributed by atoms with E-state index in [-0.39, 0.29) is 0 Å². The molecule has 0 spiro atoms. The summed E-state index contributed by atoms with van der Waals surface area (Å²) in [5.74, 6) is -0.299. The molecule has 3 rings (SSSR count). The van der Waals surface area contributed by atoms with Gasteiger partial charge < -0.3 is 9.67 Å². The first-order valence-corrected chi connectivity index (χ1v) is 6.63. The Morgan fingerprint density at radius 1 is 1.19 bits per heavy atom. The van der Waals surface area contributed by atoms with Crippen molar-refractivity contribution in [3.8, 4) is 11.4 Å². The Bertz CT molecular complexity index is 807. The predicted octanol–water partition coefficient (Wildman–Crippen LogP) is 2.92. The van der Waals surface area contributed by atoms with Crippen LogP contribution in [0.15, 0.2) is 48.8 Å². The molecular formula is C16H15N3O2. The van der Waals surface area contributed by atoms with Crippen molar-refractivity contribution in [1.82, 2.24) is 14.5 Å². The van der Waals surface area contributed by atoms with E-state index < -0.39 is 11.5 Å². The van der Waals surface area contributed by atoms with Gasteiger partial charge in [0, 0.05) is 18.0 Å². The fourth-order valence-corrected chi connectivity index (χ4v) is 2.38. The maximum Gasteiger partial charge on any atom is 0.329 e. The molecule has 0 fully saturated rings. The minimum atomic E-state index is -1.11. The number of hydrogen-bond acceptors (Lipinski definition) is 3. The smallest absolute Gasteiger partial charge is 0.329 e. The lowest BCUT2D eigenvalue weighted by atomic mass is 10.0. The SMILES string of the molecule is CC(C)(C(=O)O)n1c(-c2cccnc2)nc2ccccc21. The van der Waals surface area contributed by atoms with Gasteiger partial charge in [-0.15, -0.1) is 0 Å². The molecule has 0 amide bonds. The van der Waals surface area contributed by atoms with Gasteiger partial charge in [-0.1, -0.05) is 12.1 Å². The molecule has 0 aliphatic heterocycles. The molecule has 0 radical (unpaired) electrons. The Kier molecular flexibility index (Phi) is 2.97. The third-order valence-corrected chi connectivity index (χ3v) is 3.56. The minimum Gasteiger partial charge on any atom is -0.480 e. The Labute approximate surface area is 121 Å². The van der Waals surface area contributed by atoms with Gasteiger partial charge in [-0.05, 0) is 38.1 Å². The highest BCUT2D eigenvalue weighted by Crippen LogP contribution is 2.31. The normalized spacial score (nSPS) is 11.7. The van der Waals surface area contributed by atoms with E-state index >= 15 is 0 Å². The van der Waals surface area contributed by atoms with Crippen molar-refractivity contribution in [3.05, 3.63) is 48.8 Å². The molecule has 0 atom stereocenters. The first-order valence-electron chi connectivity index (χ1n) is 6.63. The van der Waals surface area contributed by atoms with Crippen LogP contribution in [0.1, 0.15) is 13.8 Å². The Hall–Kier alpha value is -2.69. The molecule has 0 saturated carbocycles. The zero-order chi connectivity index (χ0) is 15.0. The van der Waals surface area contributed by atoms with Gasteiger partial charge in [0.2, 0.25) is 0 Å². The maximum absolute atomic E-state index is 11.7. The number of fused-ring (bicyclic) bond motifs is 1. The van der Waals surface area contributed by atoms with Crippen LogP contribution in [0.3, 0.4) is 0 Å². The van der Waals surface area contributed by atoms with Gasteiger partial charge in [0.05, 0.1) is 11.0 Å². The van der Waals surface area contributed by atoms with Crippen LogP contribution < -0.4 is 0 Å². The molecule has 2 heterocycles. The number of carbonyl (C=O) groups is 1. The van der Waals surface area contributed by atoms with Gasteiger partial charge in [0.1, 0.15) is 11.4 Å². The lowest BCUT2D eigenvalue weighted by molar-refractivity contribution is -0.145. The molecule has 2 aromatic heterocycles. The van der Waals surface area contributed by atoms with E-state index in [2.05, 4.69) is 9.97 Å². The number of pyridine rings is 1. The average molecular weight is 281 g/mol. The van der Waals surface area contributed by atoms with Crippen LogP contribution in [-0.4, -0.2) is 25.6 Å². The van der Waals surface area contributed by atoms with E-state index in [0.717, 1.165) is 16.6 Å². The molecule has 106 valence electrons. The Balaban J connectivity index is 2.37. The monoisotopic (exact) mass is 281 g/mol. The predicted molar refractivity (Wildman–Crippen MR) is 79.9 cm³/mol. The van der Waals surface area contributed by atoms with Crippen molar-refractivity contribution >= 4 is 17.0 Å². The largest absolute Gasteiger partial charge is 0.480 e. The van der Waals surface area contributed by atoms with Crippen molar-refractivity contribution < 1.29 is 9.90 Å². The van der Waals surface area contributed by atoms with Crippen LogP contribution in [0.5, 0.6) is 0 Å². The van der Waals surface area contributed by atoms with Gasteiger partial charge >= 0.3 is 5.97 Å². The molecule has 1 N–H and O–H groups in total. The second-order valence-corrected chi connectivity index (χ2v) is 5.37. The Morgan fingerprint density at radius 3 is 2.62 bits per heavy atom. The van der Waals surface area contributed by atoms with Gasteiger partial charge in [-0.25, -0.2) is 9.78 Å². The third-order valence-electron chi connectivity index (χ3n) is 3.56. The summed E-state index contributed by atoms with van der Waals surface area (Å²) in [5.41, 5.74) is 1.25. The summed E-state index contributed by atoms with van der Waals surface area (Å²) in [7, 11) is 0. The highest BCUT2D eigenvalue weighted by molar-refractivity contribution is 5.85. The molecule has 0 aliphatic carbocycles. The van der Waals surface area contributed by atoms with Crippen LogP contribution in [0.4, 0.5) is 0 Å². The fourth-order valence-electron chi connectivity index (χ4n) is 2.38. The van der Waals surface area contributed by atoms with Crippen molar-refractivity contribution in [2.45, 2.75) is 19.4 Å². The summed E-state index contributed by atoms with van der Waals surface area (Å²) in [6.45, 7) is 3.34. The number of para-hydroxylation sites is 2. The molecule has 0 saturated heterocycles. The van der Waals surface area contributed by atoms with Crippen LogP contribution in [0.25, 0.3) is 22.4 Å². The van der Waals surface area contributed by atoms with E-state index in [1.807, 2.05) is 36.4 Å². The van der Waals surface area contributed by atoms with Crippen molar-refractivity contribution in [2.75, 3.05) is 0 Å². The molecule has 3 aromatic rings. The summed E-state index contributed by atoms with van der Waals surface area (Å²) >= 11 is 0. The van der Waals surface area contributed by atoms with Gasteiger partial charge in [-0.3, -0.25) is 4.98 Å². The van der Waals surface area contributed by atoms with E-state index in [1.54, 1.807) is 30.8 Å². The standard InChI is InChI=1S/C16H15N3O2/c1-16(2,15(20)21)19-13-8-4-3-7-12(13)18-14(19)11-6-5-9-17-10-11/h3-10H,1-2H3,(H,20,21). The van der Waals surface area contributed by atoms with Gasteiger partial charge in [-0.2, -0.15) is 0 Å². The van der Waals surface area contributed by atoms with Gasteiger partial charge in [0.25, 0.3) is 0 Å². The minimum absolute atomic E-state index is 0.608. The van der Waals surface area contributed by atoms with Crippen molar-refractivity contribution in [3.63, 3.8) is 0 Å². The third kappa shape index (κ3) is 2.07. The molecule has 21 heavy (non-hydrogen) atoms.